The summed E-state index contributed by atoms with van der Waals surface area (Å²) in [5.41, 5.74) is 1.06. The third kappa shape index (κ3) is 3.63. The van der Waals surface area contributed by atoms with Gasteiger partial charge in [-0.3, -0.25) is 0 Å². The van der Waals surface area contributed by atoms with Crippen molar-refractivity contribution in [2.75, 3.05) is 6.54 Å². The smallest absolute Gasteiger partial charge is 0.0518 e. The Kier molecular flexibility index (Phi) is 5.37. The number of hydrogen-bond donors (Lipinski definition) is 1. The minimum Gasteiger partial charge on any atom is -0.307 e. The summed E-state index contributed by atoms with van der Waals surface area (Å²) < 4.78 is 1.03. The molecule has 0 aliphatic heterocycles. The van der Waals surface area contributed by atoms with Gasteiger partial charge in [-0.15, -0.1) is 6.58 Å². The number of nitrogens with one attached hydrogen (secondary N) is 1. The Morgan fingerprint density at radius 2 is 2.33 bits per heavy atom. The van der Waals surface area contributed by atoms with Crippen LogP contribution in [0, 0.1) is 0 Å². The first-order valence-corrected chi connectivity index (χ1v) is 6.17. The van der Waals surface area contributed by atoms with Crippen molar-refractivity contribution in [1.29, 1.82) is 0 Å². The van der Waals surface area contributed by atoms with Gasteiger partial charge in [0.1, 0.15) is 0 Å². The molecule has 1 atom stereocenters. The number of benzene rings is 1. The van der Waals surface area contributed by atoms with Crippen LogP contribution in [0.4, 0.5) is 0 Å². The molecule has 1 nitrogen and oxygen atoms in total. The van der Waals surface area contributed by atoms with Crippen molar-refractivity contribution >= 4 is 27.5 Å². The summed E-state index contributed by atoms with van der Waals surface area (Å²) in [5, 5.41) is 4.15. The first-order chi connectivity index (χ1) is 7.19. The van der Waals surface area contributed by atoms with Gasteiger partial charge in [0, 0.05) is 9.50 Å². The lowest BCUT2D eigenvalue weighted by atomic mass is 10.1. The van der Waals surface area contributed by atoms with E-state index >= 15 is 0 Å². The van der Waals surface area contributed by atoms with E-state index in [1.807, 2.05) is 24.3 Å². The Bertz CT molecular complexity index is 338. The summed E-state index contributed by atoms with van der Waals surface area (Å²) in [5.74, 6) is 0. The molecular weight excluding hydrogens is 273 g/mol. The highest BCUT2D eigenvalue weighted by Crippen LogP contribution is 2.27. The number of rotatable bonds is 5. The average molecular weight is 289 g/mol. The van der Waals surface area contributed by atoms with E-state index in [2.05, 4.69) is 34.7 Å². The van der Waals surface area contributed by atoms with Crippen LogP contribution in [0.3, 0.4) is 0 Å². The fraction of sp³-hybridized carbons (Fsp3) is 0.333. The van der Waals surface area contributed by atoms with Crippen molar-refractivity contribution in [3.05, 3.63) is 45.9 Å². The largest absolute Gasteiger partial charge is 0.307 e. The molecule has 3 heteroatoms. The van der Waals surface area contributed by atoms with Crippen molar-refractivity contribution in [2.24, 2.45) is 0 Å². The van der Waals surface area contributed by atoms with Gasteiger partial charge in [0.2, 0.25) is 0 Å². The van der Waals surface area contributed by atoms with Crippen LogP contribution in [0.2, 0.25) is 5.02 Å². The Balaban J connectivity index is 2.90. The van der Waals surface area contributed by atoms with E-state index in [1.165, 1.54) is 0 Å². The van der Waals surface area contributed by atoms with E-state index in [0.717, 1.165) is 28.0 Å². The second-order valence-corrected chi connectivity index (χ2v) is 4.66. The van der Waals surface area contributed by atoms with Gasteiger partial charge >= 0.3 is 0 Å². The topological polar surface area (TPSA) is 12.0 Å². The highest BCUT2D eigenvalue weighted by atomic mass is 79.9. The summed E-state index contributed by atoms with van der Waals surface area (Å²) in [6.07, 6.45) is 2.97. The molecule has 1 unspecified atom stereocenters. The lowest BCUT2D eigenvalue weighted by Crippen LogP contribution is -2.20. The molecule has 0 saturated heterocycles. The lowest BCUT2D eigenvalue weighted by molar-refractivity contribution is 0.613. The van der Waals surface area contributed by atoms with Crippen LogP contribution in [0.15, 0.2) is 35.3 Å². The van der Waals surface area contributed by atoms with E-state index < -0.39 is 0 Å². The van der Waals surface area contributed by atoms with Crippen molar-refractivity contribution in [3.8, 4) is 0 Å². The Hall–Kier alpha value is -0.310. The van der Waals surface area contributed by atoms with Gasteiger partial charge in [-0.2, -0.15) is 0 Å². The van der Waals surface area contributed by atoms with Crippen LogP contribution in [0.1, 0.15) is 24.9 Å². The molecular formula is C12H15BrClN. The zero-order valence-electron chi connectivity index (χ0n) is 8.76. The van der Waals surface area contributed by atoms with Crippen molar-refractivity contribution in [1.82, 2.24) is 5.32 Å². The van der Waals surface area contributed by atoms with Crippen LogP contribution in [-0.2, 0) is 0 Å². The summed E-state index contributed by atoms with van der Waals surface area (Å²) in [4.78, 5) is 0. The maximum atomic E-state index is 6.14. The van der Waals surface area contributed by atoms with Crippen molar-refractivity contribution < 1.29 is 0 Å². The van der Waals surface area contributed by atoms with Crippen molar-refractivity contribution in [3.63, 3.8) is 0 Å². The Labute approximate surface area is 105 Å². The molecule has 0 aliphatic carbocycles. The van der Waals surface area contributed by atoms with Gasteiger partial charge in [0.25, 0.3) is 0 Å². The van der Waals surface area contributed by atoms with Gasteiger partial charge in [-0.1, -0.05) is 40.5 Å². The van der Waals surface area contributed by atoms with E-state index in [-0.39, 0.29) is 6.04 Å². The fourth-order valence-corrected chi connectivity index (χ4v) is 1.99. The van der Waals surface area contributed by atoms with Crippen LogP contribution in [0.5, 0.6) is 0 Å². The highest BCUT2D eigenvalue weighted by Gasteiger charge is 2.10. The van der Waals surface area contributed by atoms with Gasteiger partial charge in [0.05, 0.1) is 6.04 Å². The zero-order valence-corrected chi connectivity index (χ0v) is 11.1. The first-order valence-electron chi connectivity index (χ1n) is 5.00. The van der Waals surface area contributed by atoms with E-state index in [4.69, 9.17) is 11.6 Å². The zero-order chi connectivity index (χ0) is 11.3. The summed E-state index contributed by atoms with van der Waals surface area (Å²) in [7, 11) is 0. The molecule has 1 aromatic rings. The van der Waals surface area contributed by atoms with Crippen LogP contribution in [-0.4, -0.2) is 6.54 Å². The average Bonchev–Trinajstić information content (AvgIpc) is 2.24. The maximum absolute atomic E-state index is 6.14. The van der Waals surface area contributed by atoms with Crippen LogP contribution < -0.4 is 5.32 Å². The minimum atomic E-state index is 0.120. The number of hydrogen-bond acceptors (Lipinski definition) is 1. The number of halogens is 2. The van der Waals surface area contributed by atoms with E-state index in [9.17, 15) is 0 Å². The molecule has 0 saturated carbocycles. The standard InChI is InChI=1S/C12H15BrClN/c1-3-7-15-12(4-2)10-8-9(13)5-6-11(10)14/h4-6,8,12,15H,2-3,7H2,1H3. The maximum Gasteiger partial charge on any atom is 0.0518 e. The lowest BCUT2D eigenvalue weighted by Gasteiger charge is -2.16. The molecule has 82 valence electrons. The third-order valence-corrected chi connectivity index (χ3v) is 2.98. The van der Waals surface area contributed by atoms with Crippen LogP contribution in [0.25, 0.3) is 0 Å². The van der Waals surface area contributed by atoms with E-state index in [0.29, 0.717) is 0 Å². The molecule has 0 bridgehead atoms. The molecule has 1 N–H and O–H groups in total. The predicted octanol–water partition coefficient (Wildman–Crippen LogP) is 4.33. The summed E-state index contributed by atoms with van der Waals surface area (Å²) in [6.45, 7) is 6.92. The van der Waals surface area contributed by atoms with Gasteiger partial charge in [-0.25, -0.2) is 0 Å². The van der Waals surface area contributed by atoms with Gasteiger partial charge < -0.3 is 5.32 Å². The predicted molar refractivity (Wildman–Crippen MR) is 70.4 cm³/mol. The highest BCUT2D eigenvalue weighted by molar-refractivity contribution is 9.10. The van der Waals surface area contributed by atoms with Crippen LogP contribution >= 0.6 is 27.5 Å². The Morgan fingerprint density at radius 1 is 1.60 bits per heavy atom. The normalized spacial score (nSPS) is 12.5. The monoisotopic (exact) mass is 287 g/mol. The molecule has 0 radical (unpaired) electrons. The first kappa shape index (κ1) is 12.8. The van der Waals surface area contributed by atoms with Crippen molar-refractivity contribution in [2.45, 2.75) is 19.4 Å². The fourth-order valence-electron chi connectivity index (χ4n) is 1.37. The molecule has 0 spiro atoms. The molecule has 0 aliphatic rings. The van der Waals surface area contributed by atoms with Gasteiger partial charge in [0.15, 0.2) is 0 Å². The summed E-state index contributed by atoms with van der Waals surface area (Å²) in [6, 6.07) is 5.98. The second-order valence-electron chi connectivity index (χ2n) is 3.33. The quantitative estimate of drug-likeness (QED) is 0.795. The van der Waals surface area contributed by atoms with Gasteiger partial charge in [-0.05, 0) is 36.7 Å². The molecule has 0 aromatic heterocycles. The second kappa shape index (κ2) is 6.31. The molecule has 1 rings (SSSR count). The summed E-state index contributed by atoms with van der Waals surface area (Å²) >= 11 is 9.58. The molecule has 15 heavy (non-hydrogen) atoms. The SMILES string of the molecule is C=CC(NCCC)c1cc(Br)ccc1Cl. The minimum absolute atomic E-state index is 0.120. The molecule has 0 heterocycles. The molecule has 0 fully saturated rings. The molecule has 1 aromatic carbocycles. The van der Waals surface area contributed by atoms with E-state index in [1.54, 1.807) is 0 Å². The Morgan fingerprint density at radius 3 is 2.93 bits per heavy atom. The molecule has 0 amide bonds. The third-order valence-electron chi connectivity index (χ3n) is 2.14.